The Morgan fingerprint density at radius 1 is 1.24 bits per heavy atom. The first kappa shape index (κ1) is 17.2. The summed E-state index contributed by atoms with van der Waals surface area (Å²) in [6, 6.07) is 15.2. The third-order valence-corrected chi connectivity index (χ3v) is 4.61. The van der Waals surface area contributed by atoms with Crippen LogP contribution in [0.5, 0.6) is 0 Å². The molecule has 2 heterocycles. The van der Waals surface area contributed by atoms with E-state index in [2.05, 4.69) is 4.98 Å². The molecule has 5 nitrogen and oxygen atoms in total. The van der Waals surface area contributed by atoms with Gasteiger partial charge in [-0.05, 0) is 30.7 Å². The van der Waals surface area contributed by atoms with Crippen LogP contribution in [0.25, 0.3) is 10.9 Å². The van der Waals surface area contributed by atoms with Crippen LogP contribution in [0.15, 0.2) is 54.7 Å². The second-order valence-electron chi connectivity index (χ2n) is 6.15. The molecule has 0 saturated carbocycles. The predicted molar refractivity (Wildman–Crippen MR) is 98.2 cm³/mol. The molecule has 5 heteroatoms. The molecule has 2 aromatic heterocycles. The normalized spacial score (nSPS) is 12.3. The molecule has 130 valence electrons. The Balaban J connectivity index is 1.99. The van der Waals surface area contributed by atoms with Crippen molar-refractivity contribution in [3.05, 3.63) is 66.1 Å². The van der Waals surface area contributed by atoms with Crippen LogP contribution in [0.3, 0.4) is 0 Å². The highest BCUT2D eigenvalue weighted by atomic mass is 16.3. The predicted octanol–water partition coefficient (Wildman–Crippen LogP) is 2.99. The lowest BCUT2D eigenvalue weighted by molar-refractivity contribution is 0.0551. The second-order valence-corrected chi connectivity index (χ2v) is 6.15. The first-order valence-corrected chi connectivity index (χ1v) is 8.52. The van der Waals surface area contributed by atoms with Crippen molar-refractivity contribution in [3.8, 4) is 0 Å². The number of rotatable bonds is 6. The Labute approximate surface area is 147 Å². The number of carbonyl (C=O) groups excluding carboxylic acids is 1. The maximum Gasteiger partial charge on any atom is 0.271 e. The van der Waals surface area contributed by atoms with E-state index in [1.807, 2.05) is 67.1 Å². The number of fused-ring (bicyclic) bond motifs is 1. The van der Waals surface area contributed by atoms with Crippen LogP contribution < -0.4 is 0 Å². The molecule has 0 spiro atoms. The van der Waals surface area contributed by atoms with Crippen molar-refractivity contribution in [2.24, 2.45) is 7.05 Å². The van der Waals surface area contributed by atoms with Crippen molar-refractivity contribution >= 4 is 16.8 Å². The molecule has 1 amide bonds. The zero-order valence-electron chi connectivity index (χ0n) is 14.6. The Bertz CT molecular complexity index is 854. The van der Waals surface area contributed by atoms with Gasteiger partial charge < -0.3 is 14.6 Å². The summed E-state index contributed by atoms with van der Waals surface area (Å²) in [5.41, 5.74) is 2.44. The molecular formula is C20H23N3O2. The lowest BCUT2D eigenvalue weighted by atomic mass is 10.1. The van der Waals surface area contributed by atoms with Crippen LogP contribution in [0.1, 0.15) is 29.5 Å². The average Bonchev–Trinajstić information content (AvgIpc) is 2.99. The van der Waals surface area contributed by atoms with E-state index in [0.717, 1.165) is 16.6 Å². The van der Waals surface area contributed by atoms with E-state index < -0.39 is 0 Å². The van der Waals surface area contributed by atoms with Gasteiger partial charge in [0, 0.05) is 24.1 Å². The summed E-state index contributed by atoms with van der Waals surface area (Å²) >= 11 is 0. The number of hydrogen-bond acceptors (Lipinski definition) is 3. The minimum Gasteiger partial charge on any atom is -0.394 e. The Kier molecular flexibility index (Phi) is 5.14. The first-order valence-electron chi connectivity index (χ1n) is 8.52. The van der Waals surface area contributed by atoms with E-state index in [-0.39, 0.29) is 18.6 Å². The monoisotopic (exact) mass is 337 g/mol. The molecule has 1 atom stereocenters. The number of carbonyl (C=O) groups is 1. The van der Waals surface area contributed by atoms with E-state index in [1.165, 1.54) is 0 Å². The fraction of sp³-hybridized carbons (Fsp3) is 0.300. The van der Waals surface area contributed by atoms with Crippen molar-refractivity contribution in [2.75, 3.05) is 6.61 Å². The van der Waals surface area contributed by atoms with Crippen LogP contribution in [-0.2, 0) is 13.6 Å². The van der Waals surface area contributed by atoms with Gasteiger partial charge in [-0.25, -0.2) is 0 Å². The Morgan fingerprint density at radius 2 is 2.00 bits per heavy atom. The molecule has 3 aromatic rings. The molecule has 0 aliphatic carbocycles. The van der Waals surface area contributed by atoms with E-state index in [1.54, 1.807) is 11.1 Å². The van der Waals surface area contributed by atoms with Crippen LogP contribution in [0.4, 0.5) is 0 Å². The maximum atomic E-state index is 13.3. The van der Waals surface area contributed by atoms with Gasteiger partial charge in [0.2, 0.25) is 0 Å². The molecular weight excluding hydrogens is 314 g/mol. The van der Waals surface area contributed by atoms with Gasteiger partial charge in [0.05, 0.1) is 24.9 Å². The van der Waals surface area contributed by atoms with Crippen molar-refractivity contribution in [2.45, 2.75) is 25.9 Å². The van der Waals surface area contributed by atoms with Gasteiger partial charge in [-0.2, -0.15) is 0 Å². The SMILES string of the molecule is CC[C@@H](CO)N(Cc1ccccn1)C(=O)c1cc2ccccc2n1C. The van der Waals surface area contributed by atoms with Gasteiger partial charge in [-0.1, -0.05) is 31.2 Å². The number of nitrogens with zero attached hydrogens (tertiary/aromatic N) is 3. The van der Waals surface area contributed by atoms with Gasteiger partial charge in [0.1, 0.15) is 5.69 Å². The molecule has 0 fully saturated rings. The molecule has 0 saturated heterocycles. The molecule has 1 aromatic carbocycles. The van der Waals surface area contributed by atoms with Crippen LogP contribution >= 0.6 is 0 Å². The zero-order chi connectivity index (χ0) is 17.8. The molecule has 3 rings (SSSR count). The highest BCUT2D eigenvalue weighted by Crippen LogP contribution is 2.21. The van der Waals surface area contributed by atoms with Crippen LogP contribution in [0.2, 0.25) is 0 Å². The quantitative estimate of drug-likeness (QED) is 0.752. The molecule has 0 bridgehead atoms. The number of aliphatic hydroxyl groups excluding tert-OH is 1. The van der Waals surface area contributed by atoms with Crippen molar-refractivity contribution in [1.29, 1.82) is 0 Å². The molecule has 0 radical (unpaired) electrons. The van der Waals surface area contributed by atoms with E-state index >= 15 is 0 Å². The van der Waals surface area contributed by atoms with Gasteiger partial charge in [0.25, 0.3) is 5.91 Å². The summed E-state index contributed by atoms with van der Waals surface area (Å²) in [4.78, 5) is 19.3. The number of para-hydroxylation sites is 1. The number of pyridine rings is 1. The molecule has 0 aliphatic rings. The first-order chi connectivity index (χ1) is 12.2. The summed E-state index contributed by atoms with van der Waals surface area (Å²) in [5.74, 6) is -0.0924. The van der Waals surface area contributed by atoms with E-state index in [9.17, 15) is 9.90 Å². The lowest BCUT2D eigenvalue weighted by Crippen LogP contribution is -2.42. The minimum atomic E-state index is -0.243. The standard InChI is InChI=1S/C20H23N3O2/c1-3-17(14-24)23(13-16-9-6-7-11-21-16)20(25)19-12-15-8-4-5-10-18(15)22(19)2/h4-12,17,24H,3,13-14H2,1-2H3/t17-/m0/s1. The van der Waals surface area contributed by atoms with E-state index in [0.29, 0.717) is 18.7 Å². The third-order valence-electron chi connectivity index (χ3n) is 4.61. The molecule has 0 aliphatic heterocycles. The summed E-state index contributed by atoms with van der Waals surface area (Å²) in [6.45, 7) is 2.28. The summed E-state index contributed by atoms with van der Waals surface area (Å²) in [6.07, 6.45) is 2.40. The zero-order valence-corrected chi connectivity index (χ0v) is 14.6. The smallest absolute Gasteiger partial charge is 0.271 e. The summed E-state index contributed by atoms with van der Waals surface area (Å²) in [7, 11) is 1.90. The number of amides is 1. The Morgan fingerprint density at radius 3 is 2.64 bits per heavy atom. The van der Waals surface area contributed by atoms with Gasteiger partial charge in [-0.15, -0.1) is 0 Å². The number of benzene rings is 1. The molecule has 1 N–H and O–H groups in total. The fourth-order valence-electron chi connectivity index (χ4n) is 3.12. The number of aryl methyl sites for hydroxylation is 1. The molecule has 0 unspecified atom stereocenters. The van der Waals surface area contributed by atoms with Crippen LogP contribution in [0, 0.1) is 0 Å². The van der Waals surface area contributed by atoms with Gasteiger partial charge in [0.15, 0.2) is 0 Å². The van der Waals surface area contributed by atoms with Crippen molar-refractivity contribution < 1.29 is 9.90 Å². The minimum absolute atomic E-state index is 0.0704. The van der Waals surface area contributed by atoms with Gasteiger partial charge in [-0.3, -0.25) is 9.78 Å². The number of aliphatic hydroxyl groups is 1. The highest BCUT2D eigenvalue weighted by molar-refractivity contribution is 5.98. The Hall–Kier alpha value is -2.66. The molecule has 25 heavy (non-hydrogen) atoms. The maximum absolute atomic E-state index is 13.3. The highest BCUT2D eigenvalue weighted by Gasteiger charge is 2.26. The van der Waals surface area contributed by atoms with Crippen molar-refractivity contribution in [1.82, 2.24) is 14.5 Å². The van der Waals surface area contributed by atoms with E-state index in [4.69, 9.17) is 0 Å². The topological polar surface area (TPSA) is 58.4 Å². The van der Waals surface area contributed by atoms with Crippen molar-refractivity contribution in [3.63, 3.8) is 0 Å². The number of aromatic nitrogens is 2. The van der Waals surface area contributed by atoms with Crippen LogP contribution in [-0.4, -0.2) is 38.1 Å². The lowest BCUT2D eigenvalue weighted by Gasteiger charge is -2.30. The summed E-state index contributed by atoms with van der Waals surface area (Å²) < 4.78 is 1.91. The average molecular weight is 337 g/mol. The second kappa shape index (κ2) is 7.49. The third kappa shape index (κ3) is 3.42. The fourth-order valence-corrected chi connectivity index (χ4v) is 3.12. The summed E-state index contributed by atoms with van der Waals surface area (Å²) in [5, 5.41) is 10.8. The van der Waals surface area contributed by atoms with Gasteiger partial charge >= 0.3 is 0 Å². The number of hydrogen-bond donors (Lipinski definition) is 1. The largest absolute Gasteiger partial charge is 0.394 e.